The summed E-state index contributed by atoms with van der Waals surface area (Å²) in [6.07, 6.45) is 0. The van der Waals surface area contributed by atoms with Gasteiger partial charge in [-0.05, 0) is 34.1 Å². The number of nitrogens with two attached hydrogens (primary N) is 1. The minimum atomic E-state index is -0.486. The number of hydrogen-bond donors (Lipinski definition) is 2. The minimum Gasteiger partial charge on any atom is -0.383 e. The van der Waals surface area contributed by atoms with E-state index in [2.05, 4.69) is 31.2 Å². The molecule has 0 saturated heterocycles. The smallest absolute Gasteiger partial charge is 0.230 e. The van der Waals surface area contributed by atoms with Crippen molar-refractivity contribution in [2.45, 2.75) is 0 Å². The van der Waals surface area contributed by atoms with Crippen LogP contribution in [0.15, 0.2) is 28.9 Å². The Hall–Kier alpha value is -1.40. The van der Waals surface area contributed by atoms with Gasteiger partial charge in [0.2, 0.25) is 5.95 Å². The number of hydrogen-bond acceptors (Lipinski definition) is 4. The van der Waals surface area contributed by atoms with Crippen molar-refractivity contribution in [1.82, 2.24) is 9.97 Å². The molecule has 2 rings (SSSR count). The Morgan fingerprint density at radius 3 is 2.71 bits per heavy atom. The summed E-state index contributed by atoms with van der Waals surface area (Å²) in [5.74, 6) is 0.00138. The maximum atomic E-state index is 13.5. The van der Waals surface area contributed by atoms with Crippen LogP contribution in [0.4, 0.5) is 21.8 Å². The van der Waals surface area contributed by atoms with Crippen LogP contribution in [0.25, 0.3) is 0 Å². The number of halogens is 3. The predicted molar refractivity (Wildman–Crippen MR) is 68.8 cm³/mol. The molecule has 0 amide bonds. The molecule has 0 radical (unpaired) electrons. The van der Waals surface area contributed by atoms with Gasteiger partial charge in [0.1, 0.15) is 16.2 Å². The lowest BCUT2D eigenvalue weighted by molar-refractivity contribution is 0.631. The molecule has 0 fully saturated rings. The SMILES string of the molecule is Nc1cc(Br)nc(Nc2ccc(Cl)cc2F)n1. The van der Waals surface area contributed by atoms with Crippen LogP contribution in [-0.4, -0.2) is 9.97 Å². The van der Waals surface area contributed by atoms with Crippen molar-refractivity contribution in [2.24, 2.45) is 0 Å². The van der Waals surface area contributed by atoms with Crippen molar-refractivity contribution < 1.29 is 4.39 Å². The zero-order valence-corrected chi connectivity index (χ0v) is 10.8. The van der Waals surface area contributed by atoms with Crippen molar-refractivity contribution in [3.8, 4) is 0 Å². The third-order valence-corrected chi connectivity index (χ3v) is 2.53. The molecule has 0 aliphatic carbocycles. The van der Waals surface area contributed by atoms with Crippen molar-refractivity contribution in [1.29, 1.82) is 0 Å². The number of nitrogen functional groups attached to an aromatic ring is 1. The fourth-order valence-electron chi connectivity index (χ4n) is 1.20. The molecule has 1 aromatic heterocycles. The summed E-state index contributed by atoms with van der Waals surface area (Å²) in [7, 11) is 0. The molecule has 7 heteroatoms. The molecule has 88 valence electrons. The molecule has 0 spiro atoms. The van der Waals surface area contributed by atoms with Gasteiger partial charge in [0.15, 0.2) is 0 Å². The van der Waals surface area contributed by atoms with Gasteiger partial charge in [-0.2, -0.15) is 4.98 Å². The molecular formula is C10H7BrClFN4. The zero-order valence-electron chi connectivity index (χ0n) is 8.42. The van der Waals surface area contributed by atoms with E-state index in [0.29, 0.717) is 9.63 Å². The lowest BCUT2D eigenvalue weighted by atomic mass is 10.3. The van der Waals surface area contributed by atoms with Gasteiger partial charge in [0.05, 0.1) is 5.69 Å². The number of anilines is 3. The highest BCUT2D eigenvalue weighted by atomic mass is 79.9. The second-order valence-electron chi connectivity index (χ2n) is 3.19. The molecule has 17 heavy (non-hydrogen) atoms. The Balaban J connectivity index is 2.31. The fraction of sp³-hybridized carbons (Fsp3) is 0. The van der Waals surface area contributed by atoms with E-state index in [-0.39, 0.29) is 17.5 Å². The Kier molecular flexibility index (Phi) is 3.44. The summed E-state index contributed by atoms with van der Waals surface area (Å²) >= 11 is 8.81. The Morgan fingerprint density at radius 1 is 1.29 bits per heavy atom. The number of aromatic nitrogens is 2. The first kappa shape index (κ1) is 12.1. The highest BCUT2D eigenvalue weighted by Gasteiger charge is 2.06. The van der Waals surface area contributed by atoms with Gasteiger partial charge in [-0.25, -0.2) is 9.37 Å². The van der Waals surface area contributed by atoms with Crippen molar-refractivity contribution in [3.05, 3.63) is 39.7 Å². The highest BCUT2D eigenvalue weighted by Crippen LogP contribution is 2.22. The van der Waals surface area contributed by atoms with E-state index in [4.69, 9.17) is 17.3 Å². The van der Waals surface area contributed by atoms with E-state index in [0.717, 1.165) is 0 Å². The van der Waals surface area contributed by atoms with Crippen LogP contribution < -0.4 is 11.1 Å². The van der Waals surface area contributed by atoms with E-state index in [1.807, 2.05) is 0 Å². The highest BCUT2D eigenvalue weighted by molar-refractivity contribution is 9.10. The summed E-state index contributed by atoms with van der Waals surface area (Å²) in [6, 6.07) is 5.81. The molecule has 0 aliphatic heterocycles. The van der Waals surface area contributed by atoms with E-state index < -0.39 is 5.82 Å². The standard InChI is InChI=1S/C10H7BrClFN4/c11-8-4-9(14)17-10(16-8)15-7-2-1-5(12)3-6(7)13/h1-4H,(H3,14,15,16,17). The normalized spacial score (nSPS) is 10.3. The van der Waals surface area contributed by atoms with Crippen molar-refractivity contribution >= 4 is 45.0 Å². The number of nitrogens with one attached hydrogen (secondary N) is 1. The summed E-state index contributed by atoms with van der Waals surface area (Å²) in [5.41, 5.74) is 5.77. The maximum absolute atomic E-state index is 13.5. The predicted octanol–water partition coefficient (Wildman–Crippen LogP) is 3.36. The summed E-state index contributed by atoms with van der Waals surface area (Å²) < 4.78 is 14.0. The molecule has 0 bridgehead atoms. The van der Waals surface area contributed by atoms with Crippen LogP contribution in [0.2, 0.25) is 5.02 Å². The van der Waals surface area contributed by atoms with E-state index in [1.165, 1.54) is 12.1 Å². The van der Waals surface area contributed by atoms with Crippen molar-refractivity contribution in [2.75, 3.05) is 11.1 Å². The van der Waals surface area contributed by atoms with Crippen LogP contribution >= 0.6 is 27.5 Å². The monoisotopic (exact) mass is 316 g/mol. The fourth-order valence-corrected chi connectivity index (χ4v) is 1.76. The van der Waals surface area contributed by atoms with Crippen LogP contribution in [0.1, 0.15) is 0 Å². The Bertz CT molecular complexity index is 544. The Morgan fingerprint density at radius 2 is 2.06 bits per heavy atom. The lowest BCUT2D eigenvalue weighted by Gasteiger charge is -2.07. The van der Waals surface area contributed by atoms with Gasteiger partial charge >= 0.3 is 0 Å². The lowest BCUT2D eigenvalue weighted by Crippen LogP contribution is -2.01. The third-order valence-electron chi connectivity index (χ3n) is 1.89. The third kappa shape index (κ3) is 3.04. The van der Waals surface area contributed by atoms with E-state index in [9.17, 15) is 4.39 Å². The topological polar surface area (TPSA) is 63.8 Å². The molecule has 0 atom stereocenters. The summed E-state index contributed by atoms with van der Waals surface area (Å²) in [6.45, 7) is 0. The van der Waals surface area contributed by atoms with Crippen LogP contribution in [0.3, 0.4) is 0 Å². The second-order valence-corrected chi connectivity index (χ2v) is 4.44. The van der Waals surface area contributed by atoms with Crippen LogP contribution in [0, 0.1) is 5.82 Å². The van der Waals surface area contributed by atoms with E-state index >= 15 is 0 Å². The molecule has 1 heterocycles. The van der Waals surface area contributed by atoms with Gasteiger partial charge < -0.3 is 11.1 Å². The van der Waals surface area contributed by atoms with Gasteiger partial charge in [-0.3, -0.25) is 0 Å². The second kappa shape index (κ2) is 4.85. The van der Waals surface area contributed by atoms with Crippen LogP contribution in [-0.2, 0) is 0 Å². The average Bonchev–Trinajstić information content (AvgIpc) is 2.21. The molecule has 3 N–H and O–H groups in total. The molecule has 0 aliphatic rings. The minimum absolute atomic E-state index is 0.207. The molecule has 0 unspecified atom stereocenters. The summed E-state index contributed by atoms with van der Waals surface area (Å²) in [5, 5.41) is 3.04. The molecule has 0 saturated carbocycles. The number of rotatable bonds is 2. The van der Waals surface area contributed by atoms with Gasteiger partial charge in [-0.1, -0.05) is 11.6 Å². The first-order chi connectivity index (χ1) is 8.04. The number of nitrogens with zero attached hydrogens (tertiary/aromatic N) is 2. The summed E-state index contributed by atoms with van der Waals surface area (Å²) in [4.78, 5) is 7.93. The van der Waals surface area contributed by atoms with Crippen LogP contribution in [0.5, 0.6) is 0 Å². The molecule has 1 aromatic carbocycles. The maximum Gasteiger partial charge on any atom is 0.230 e. The Labute approximate surface area is 110 Å². The number of benzene rings is 1. The van der Waals surface area contributed by atoms with E-state index in [1.54, 1.807) is 12.1 Å². The van der Waals surface area contributed by atoms with Gasteiger partial charge in [0, 0.05) is 11.1 Å². The quantitative estimate of drug-likeness (QED) is 0.834. The van der Waals surface area contributed by atoms with Crippen molar-refractivity contribution in [3.63, 3.8) is 0 Å². The average molecular weight is 318 g/mol. The van der Waals surface area contributed by atoms with Gasteiger partial charge in [0.25, 0.3) is 0 Å². The molecule has 4 nitrogen and oxygen atoms in total. The first-order valence-electron chi connectivity index (χ1n) is 4.57. The molecular weight excluding hydrogens is 310 g/mol. The molecule has 2 aromatic rings. The van der Waals surface area contributed by atoms with Gasteiger partial charge in [-0.15, -0.1) is 0 Å². The first-order valence-corrected chi connectivity index (χ1v) is 5.74. The largest absolute Gasteiger partial charge is 0.383 e. The zero-order chi connectivity index (χ0) is 12.4.